The summed E-state index contributed by atoms with van der Waals surface area (Å²) in [5.74, 6) is -0.538. The molecule has 0 radical (unpaired) electrons. The Kier molecular flexibility index (Phi) is 4.35. The number of hydrogen-bond acceptors (Lipinski definition) is 4. The molecule has 0 aliphatic heterocycles. The lowest BCUT2D eigenvalue weighted by molar-refractivity contribution is 0.603. The molecule has 2 rings (SSSR count). The van der Waals surface area contributed by atoms with Crippen molar-refractivity contribution in [2.24, 2.45) is 0 Å². The van der Waals surface area contributed by atoms with Crippen LogP contribution in [0.4, 0.5) is 14.7 Å². The molecule has 0 aliphatic carbocycles. The topological polar surface area (TPSA) is 49.8 Å². The average Bonchev–Trinajstić information content (AvgIpc) is 2.43. The van der Waals surface area contributed by atoms with Crippen LogP contribution >= 0.6 is 0 Å². The molecule has 6 heteroatoms. The van der Waals surface area contributed by atoms with Gasteiger partial charge in [-0.3, -0.25) is 0 Å². The second-order valence-corrected chi connectivity index (χ2v) is 3.95. The number of likely N-dealkylation sites (N-methyl/N-ethyl adjacent to an activating group) is 1. The van der Waals surface area contributed by atoms with Gasteiger partial charge in [-0.2, -0.15) is 0 Å². The average molecular weight is 264 g/mol. The first-order valence-corrected chi connectivity index (χ1v) is 5.86. The smallest absolute Gasteiger partial charge is 0.222 e. The van der Waals surface area contributed by atoms with E-state index in [1.165, 1.54) is 12.4 Å². The SMILES string of the molecule is CNCCNc1ncc(-c2cc(F)ccc2F)cn1. The van der Waals surface area contributed by atoms with Gasteiger partial charge < -0.3 is 10.6 Å². The standard InChI is InChI=1S/C13H14F2N4/c1-16-4-5-17-13-18-7-9(8-19-13)11-6-10(14)2-3-12(11)15/h2-3,6-8,16H,4-5H2,1H3,(H,17,18,19). The number of nitrogens with zero attached hydrogens (tertiary/aromatic N) is 2. The van der Waals surface area contributed by atoms with E-state index in [1.807, 2.05) is 7.05 Å². The van der Waals surface area contributed by atoms with Crippen LogP contribution in [0.5, 0.6) is 0 Å². The van der Waals surface area contributed by atoms with Crippen molar-refractivity contribution in [3.05, 3.63) is 42.2 Å². The number of benzene rings is 1. The Labute approximate surface area is 109 Å². The van der Waals surface area contributed by atoms with Gasteiger partial charge in [0.1, 0.15) is 11.6 Å². The minimum absolute atomic E-state index is 0.154. The third-order valence-electron chi connectivity index (χ3n) is 2.55. The molecule has 0 unspecified atom stereocenters. The molecule has 4 nitrogen and oxygen atoms in total. The molecule has 100 valence electrons. The fourth-order valence-corrected chi connectivity index (χ4v) is 1.58. The normalized spacial score (nSPS) is 10.5. The fraction of sp³-hybridized carbons (Fsp3) is 0.231. The summed E-state index contributed by atoms with van der Waals surface area (Å²) in [6.07, 6.45) is 2.93. The highest BCUT2D eigenvalue weighted by atomic mass is 19.1. The van der Waals surface area contributed by atoms with Gasteiger partial charge in [-0.05, 0) is 25.2 Å². The second-order valence-electron chi connectivity index (χ2n) is 3.95. The predicted molar refractivity (Wildman–Crippen MR) is 69.8 cm³/mol. The van der Waals surface area contributed by atoms with E-state index in [1.54, 1.807) is 0 Å². The molecule has 1 aromatic heterocycles. The third kappa shape index (κ3) is 3.45. The van der Waals surface area contributed by atoms with Crippen molar-refractivity contribution in [2.45, 2.75) is 0 Å². The third-order valence-corrected chi connectivity index (χ3v) is 2.55. The van der Waals surface area contributed by atoms with E-state index in [-0.39, 0.29) is 5.56 Å². The summed E-state index contributed by atoms with van der Waals surface area (Å²) >= 11 is 0. The van der Waals surface area contributed by atoms with Gasteiger partial charge in [0.15, 0.2) is 0 Å². The van der Waals surface area contributed by atoms with Gasteiger partial charge >= 0.3 is 0 Å². The largest absolute Gasteiger partial charge is 0.353 e. The number of hydrogen-bond donors (Lipinski definition) is 2. The summed E-state index contributed by atoms with van der Waals surface area (Å²) in [5.41, 5.74) is 0.595. The number of anilines is 1. The molecule has 0 atom stereocenters. The lowest BCUT2D eigenvalue weighted by Gasteiger charge is -2.06. The molecule has 0 fully saturated rings. The molecule has 0 saturated carbocycles. The summed E-state index contributed by atoms with van der Waals surface area (Å²) in [7, 11) is 1.85. The molecule has 2 N–H and O–H groups in total. The van der Waals surface area contributed by atoms with E-state index >= 15 is 0 Å². The predicted octanol–water partition coefficient (Wildman–Crippen LogP) is 2.05. The molecule has 0 amide bonds. The van der Waals surface area contributed by atoms with Crippen LogP contribution in [0, 0.1) is 11.6 Å². The summed E-state index contributed by atoms with van der Waals surface area (Å²) < 4.78 is 26.6. The van der Waals surface area contributed by atoms with Crippen LogP contribution in [0.2, 0.25) is 0 Å². The van der Waals surface area contributed by atoms with E-state index in [4.69, 9.17) is 0 Å². The van der Waals surface area contributed by atoms with Gasteiger partial charge in [-0.25, -0.2) is 18.7 Å². The van der Waals surface area contributed by atoms with E-state index in [2.05, 4.69) is 20.6 Å². The fourth-order valence-electron chi connectivity index (χ4n) is 1.58. The minimum Gasteiger partial charge on any atom is -0.353 e. The van der Waals surface area contributed by atoms with Gasteiger partial charge in [-0.1, -0.05) is 0 Å². The zero-order valence-corrected chi connectivity index (χ0v) is 10.5. The number of nitrogens with one attached hydrogen (secondary N) is 2. The Bertz CT molecular complexity index is 543. The maximum atomic E-state index is 13.6. The Balaban J connectivity index is 2.15. The maximum absolute atomic E-state index is 13.6. The van der Waals surface area contributed by atoms with Crippen molar-refractivity contribution in [3.8, 4) is 11.1 Å². The van der Waals surface area contributed by atoms with Gasteiger partial charge in [0.05, 0.1) is 0 Å². The van der Waals surface area contributed by atoms with Gasteiger partial charge in [0, 0.05) is 36.6 Å². The van der Waals surface area contributed by atoms with Gasteiger partial charge in [-0.15, -0.1) is 0 Å². The first kappa shape index (κ1) is 13.4. The summed E-state index contributed by atoms with van der Waals surface area (Å²) in [5, 5.41) is 5.98. The minimum atomic E-state index is -0.499. The zero-order valence-electron chi connectivity index (χ0n) is 10.5. The molecule has 19 heavy (non-hydrogen) atoms. The van der Waals surface area contributed by atoms with Crippen LogP contribution in [0.3, 0.4) is 0 Å². The van der Waals surface area contributed by atoms with Crippen LogP contribution in [0.1, 0.15) is 0 Å². The van der Waals surface area contributed by atoms with E-state index in [9.17, 15) is 8.78 Å². The number of halogens is 2. The van der Waals surface area contributed by atoms with Crippen LogP contribution in [0.15, 0.2) is 30.6 Å². The maximum Gasteiger partial charge on any atom is 0.222 e. The highest BCUT2D eigenvalue weighted by Gasteiger charge is 2.07. The van der Waals surface area contributed by atoms with Gasteiger partial charge in [0.25, 0.3) is 0 Å². The summed E-state index contributed by atoms with van der Waals surface area (Å²) in [4.78, 5) is 8.12. The molecule has 1 aromatic carbocycles. The molecule has 1 heterocycles. The Morgan fingerprint density at radius 1 is 1.11 bits per heavy atom. The molecule has 0 aliphatic rings. The second kappa shape index (κ2) is 6.19. The van der Waals surface area contributed by atoms with Crippen molar-refractivity contribution in [3.63, 3.8) is 0 Å². The molecule has 0 bridgehead atoms. The van der Waals surface area contributed by atoms with Crippen LogP contribution in [-0.2, 0) is 0 Å². The Morgan fingerprint density at radius 3 is 2.53 bits per heavy atom. The lowest BCUT2D eigenvalue weighted by atomic mass is 10.1. The van der Waals surface area contributed by atoms with Crippen LogP contribution in [0.25, 0.3) is 11.1 Å². The monoisotopic (exact) mass is 264 g/mol. The highest BCUT2D eigenvalue weighted by Crippen LogP contribution is 2.22. The molecule has 2 aromatic rings. The molecule has 0 saturated heterocycles. The van der Waals surface area contributed by atoms with Crippen molar-refractivity contribution in [2.75, 3.05) is 25.5 Å². The zero-order chi connectivity index (χ0) is 13.7. The van der Waals surface area contributed by atoms with E-state index in [0.717, 1.165) is 24.7 Å². The van der Waals surface area contributed by atoms with Crippen molar-refractivity contribution in [1.29, 1.82) is 0 Å². The quantitative estimate of drug-likeness (QED) is 0.812. The number of aromatic nitrogens is 2. The van der Waals surface area contributed by atoms with Crippen molar-refractivity contribution < 1.29 is 8.78 Å². The molecular weight excluding hydrogens is 250 g/mol. The van der Waals surface area contributed by atoms with Crippen molar-refractivity contribution >= 4 is 5.95 Å². The first-order chi connectivity index (χ1) is 9.20. The summed E-state index contributed by atoms with van der Waals surface area (Å²) in [6, 6.07) is 3.29. The molecule has 0 spiro atoms. The van der Waals surface area contributed by atoms with Crippen LogP contribution in [-0.4, -0.2) is 30.1 Å². The summed E-state index contributed by atoms with van der Waals surface area (Å²) in [6.45, 7) is 1.47. The van der Waals surface area contributed by atoms with Crippen molar-refractivity contribution in [1.82, 2.24) is 15.3 Å². The van der Waals surface area contributed by atoms with Gasteiger partial charge in [0.2, 0.25) is 5.95 Å². The molecular formula is C13H14F2N4. The van der Waals surface area contributed by atoms with E-state index in [0.29, 0.717) is 18.1 Å². The van der Waals surface area contributed by atoms with Crippen LogP contribution < -0.4 is 10.6 Å². The lowest BCUT2D eigenvalue weighted by Crippen LogP contribution is -2.18. The highest BCUT2D eigenvalue weighted by molar-refractivity contribution is 5.62. The van der Waals surface area contributed by atoms with E-state index < -0.39 is 11.6 Å². The number of rotatable bonds is 5. The Morgan fingerprint density at radius 2 is 1.84 bits per heavy atom. The first-order valence-electron chi connectivity index (χ1n) is 5.86. The Hall–Kier alpha value is -2.08.